The lowest BCUT2D eigenvalue weighted by Crippen LogP contribution is -2.50. The Labute approximate surface area is 124 Å². The van der Waals surface area contributed by atoms with Crippen molar-refractivity contribution in [3.8, 4) is 0 Å². The van der Waals surface area contributed by atoms with E-state index >= 15 is 0 Å². The summed E-state index contributed by atoms with van der Waals surface area (Å²) in [7, 11) is 0. The Bertz CT molecular complexity index is 515. The summed E-state index contributed by atoms with van der Waals surface area (Å²) >= 11 is 0. The van der Waals surface area contributed by atoms with Gasteiger partial charge in [-0.05, 0) is 30.9 Å². The number of pyridine rings is 1. The molecule has 2 rings (SSSR count). The number of carbonyl (C=O) groups is 2. The van der Waals surface area contributed by atoms with Gasteiger partial charge >= 0.3 is 5.97 Å². The topological polar surface area (TPSA) is 96.5 Å². The summed E-state index contributed by atoms with van der Waals surface area (Å²) in [6.07, 6.45) is 3.96. The Morgan fingerprint density at radius 1 is 1.48 bits per heavy atom. The molecule has 2 atom stereocenters. The highest BCUT2D eigenvalue weighted by Crippen LogP contribution is 2.26. The van der Waals surface area contributed by atoms with Gasteiger partial charge in [-0.25, -0.2) is 4.79 Å². The third-order valence-corrected chi connectivity index (χ3v) is 4.07. The number of aromatic nitrogens is 1. The number of rotatable bonds is 4. The minimum Gasteiger partial charge on any atom is -0.480 e. The number of nitrogen functional groups attached to an aromatic ring is 1. The molecule has 1 amide bonds. The van der Waals surface area contributed by atoms with Crippen LogP contribution in [0.4, 0.5) is 5.69 Å². The maximum atomic E-state index is 12.4. The third kappa shape index (κ3) is 3.71. The van der Waals surface area contributed by atoms with Crippen molar-refractivity contribution in [2.45, 2.75) is 38.6 Å². The van der Waals surface area contributed by atoms with Crippen LogP contribution in [0.25, 0.3) is 0 Å². The van der Waals surface area contributed by atoms with Crippen LogP contribution in [0.5, 0.6) is 0 Å². The van der Waals surface area contributed by atoms with Crippen molar-refractivity contribution in [3.05, 3.63) is 24.0 Å². The van der Waals surface area contributed by atoms with Gasteiger partial charge in [0.2, 0.25) is 5.91 Å². The van der Waals surface area contributed by atoms with E-state index in [0.29, 0.717) is 30.3 Å². The molecule has 6 heteroatoms. The highest BCUT2D eigenvalue weighted by atomic mass is 16.4. The van der Waals surface area contributed by atoms with Gasteiger partial charge in [-0.3, -0.25) is 9.78 Å². The van der Waals surface area contributed by atoms with Gasteiger partial charge in [-0.15, -0.1) is 0 Å². The van der Waals surface area contributed by atoms with Crippen LogP contribution in [0.15, 0.2) is 18.3 Å². The number of hydrogen-bond acceptors (Lipinski definition) is 4. The summed E-state index contributed by atoms with van der Waals surface area (Å²) in [4.78, 5) is 29.3. The van der Waals surface area contributed by atoms with Crippen LogP contribution in [0.3, 0.4) is 0 Å². The Morgan fingerprint density at radius 2 is 2.24 bits per heavy atom. The average Bonchev–Trinajstić information content (AvgIpc) is 2.48. The molecule has 1 fully saturated rings. The molecule has 0 aromatic carbocycles. The number of likely N-dealkylation sites (tertiary alicyclic amines) is 1. The zero-order valence-electron chi connectivity index (χ0n) is 12.2. The molecule has 1 saturated heterocycles. The van der Waals surface area contributed by atoms with Gasteiger partial charge in [0, 0.05) is 12.2 Å². The van der Waals surface area contributed by atoms with Gasteiger partial charge in [0.25, 0.3) is 0 Å². The van der Waals surface area contributed by atoms with E-state index in [1.54, 1.807) is 12.1 Å². The maximum absolute atomic E-state index is 12.4. The Morgan fingerprint density at radius 3 is 2.81 bits per heavy atom. The molecule has 0 aliphatic carbocycles. The normalized spacial score (nSPS) is 22.0. The number of anilines is 1. The van der Waals surface area contributed by atoms with Crippen LogP contribution in [0, 0.1) is 5.92 Å². The molecule has 0 spiro atoms. The molecule has 3 N–H and O–H groups in total. The van der Waals surface area contributed by atoms with Gasteiger partial charge in [-0.2, -0.15) is 0 Å². The van der Waals surface area contributed by atoms with Gasteiger partial charge < -0.3 is 15.7 Å². The van der Waals surface area contributed by atoms with Gasteiger partial charge in [0.05, 0.1) is 18.3 Å². The predicted molar refractivity (Wildman–Crippen MR) is 78.5 cm³/mol. The highest BCUT2D eigenvalue weighted by Gasteiger charge is 2.35. The highest BCUT2D eigenvalue weighted by molar-refractivity contribution is 5.85. The van der Waals surface area contributed by atoms with Crippen LogP contribution in [-0.4, -0.2) is 39.5 Å². The molecule has 1 aliphatic heterocycles. The van der Waals surface area contributed by atoms with E-state index in [4.69, 9.17) is 5.73 Å². The summed E-state index contributed by atoms with van der Waals surface area (Å²) in [5.41, 5.74) is 6.70. The monoisotopic (exact) mass is 291 g/mol. The van der Waals surface area contributed by atoms with Crippen molar-refractivity contribution >= 4 is 17.6 Å². The molecule has 0 saturated carbocycles. The number of nitrogens with two attached hydrogens (primary N) is 1. The molecule has 0 bridgehead atoms. The number of nitrogens with zero attached hydrogens (tertiary/aromatic N) is 2. The van der Waals surface area contributed by atoms with E-state index in [9.17, 15) is 14.7 Å². The van der Waals surface area contributed by atoms with Crippen molar-refractivity contribution in [2.75, 3.05) is 12.3 Å². The van der Waals surface area contributed by atoms with Crippen molar-refractivity contribution in [1.29, 1.82) is 0 Å². The van der Waals surface area contributed by atoms with Gasteiger partial charge in [-0.1, -0.05) is 13.3 Å². The minimum absolute atomic E-state index is 0.112. The summed E-state index contributed by atoms with van der Waals surface area (Å²) in [5.74, 6) is -0.731. The molecule has 1 aromatic rings. The average molecular weight is 291 g/mol. The molecule has 0 radical (unpaired) electrons. The number of carboxylic acid groups (broad SMARTS) is 1. The van der Waals surface area contributed by atoms with Crippen LogP contribution in [0.1, 0.15) is 31.9 Å². The fraction of sp³-hybridized carbons (Fsp3) is 0.533. The van der Waals surface area contributed by atoms with E-state index in [0.717, 1.165) is 12.8 Å². The molecule has 6 nitrogen and oxygen atoms in total. The summed E-state index contributed by atoms with van der Waals surface area (Å²) in [6.45, 7) is 2.56. The molecule has 21 heavy (non-hydrogen) atoms. The summed E-state index contributed by atoms with van der Waals surface area (Å²) < 4.78 is 0. The number of aliphatic carboxylic acids is 1. The second kappa shape index (κ2) is 6.56. The molecule has 1 aromatic heterocycles. The van der Waals surface area contributed by atoms with Crippen molar-refractivity contribution < 1.29 is 14.7 Å². The lowest BCUT2D eigenvalue weighted by Gasteiger charge is -2.37. The van der Waals surface area contributed by atoms with E-state index in [-0.39, 0.29) is 12.3 Å². The zero-order valence-corrected chi connectivity index (χ0v) is 12.2. The summed E-state index contributed by atoms with van der Waals surface area (Å²) in [6, 6.07) is 2.67. The predicted octanol–water partition coefficient (Wildman–Crippen LogP) is 1.31. The van der Waals surface area contributed by atoms with Crippen LogP contribution in [0.2, 0.25) is 0 Å². The molecule has 2 unspecified atom stereocenters. The smallest absolute Gasteiger partial charge is 0.326 e. The quantitative estimate of drug-likeness (QED) is 0.871. The fourth-order valence-electron chi connectivity index (χ4n) is 2.74. The number of hydrogen-bond donors (Lipinski definition) is 2. The SMILES string of the molecule is CCC1CCN(C(=O)Cc2ccc(N)cn2)C(C(=O)O)C1. The lowest BCUT2D eigenvalue weighted by molar-refractivity contribution is -0.153. The number of carboxylic acids is 1. The number of amides is 1. The van der Waals surface area contributed by atoms with E-state index in [2.05, 4.69) is 11.9 Å². The Balaban J connectivity index is 2.06. The van der Waals surface area contributed by atoms with E-state index in [1.165, 1.54) is 11.1 Å². The standard InChI is InChI=1S/C15H21N3O3/c1-2-10-5-6-18(13(7-10)15(20)21)14(19)8-12-4-3-11(16)9-17-12/h3-4,9-10,13H,2,5-8,16H2,1H3,(H,20,21). The molecule has 2 heterocycles. The Kier molecular flexibility index (Phi) is 4.77. The first kappa shape index (κ1) is 15.3. The first-order valence-electron chi connectivity index (χ1n) is 7.24. The number of piperidine rings is 1. The molecular formula is C15H21N3O3. The largest absolute Gasteiger partial charge is 0.480 e. The maximum Gasteiger partial charge on any atom is 0.326 e. The van der Waals surface area contributed by atoms with Crippen molar-refractivity contribution in [1.82, 2.24) is 9.88 Å². The van der Waals surface area contributed by atoms with E-state index < -0.39 is 12.0 Å². The minimum atomic E-state index is -0.924. The molecular weight excluding hydrogens is 270 g/mol. The molecule has 114 valence electrons. The van der Waals surface area contributed by atoms with Crippen molar-refractivity contribution in [2.24, 2.45) is 5.92 Å². The fourth-order valence-corrected chi connectivity index (χ4v) is 2.74. The second-order valence-corrected chi connectivity index (χ2v) is 5.50. The van der Waals surface area contributed by atoms with Crippen LogP contribution >= 0.6 is 0 Å². The van der Waals surface area contributed by atoms with E-state index in [1.807, 2.05) is 0 Å². The van der Waals surface area contributed by atoms with Crippen LogP contribution < -0.4 is 5.73 Å². The number of carbonyl (C=O) groups excluding carboxylic acids is 1. The lowest BCUT2D eigenvalue weighted by atomic mass is 9.88. The van der Waals surface area contributed by atoms with Crippen LogP contribution in [-0.2, 0) is 16.0 Å². The Hall–Kier alpha value is -2.11. The van der Waals surface area contributed by atoms with Gasteiger partial charge in [0.15, 0.2) is 0 Å². The van der Waals surface area contributed by atoms with Gasteiger partial charge in [0.1, 0.15) is 6.04 Å². The second-order valence-electron chi connectivity index (χ2n) is 5.50. The first-order chi connectivity index (χ1) is 10.0. The first-order valence-corrected chi connectivity index (χ1v) is 7.24. The molecule has 1 aliphatic rings. The summed E-state index contributed by atoms with van der Waals surface area (Å²) in [5, 5.41) is 9.35. The van der Waals surface area contributed by atoms with Crippen molar-refractivity contribution in [3.63, 3.8) is 0 Å². The zero-order chi connectivity index (χ0) is 15.4. The third-order valence-electron chi connectivity index (χ3n) is 4.07.